The summed E-state index contributed by atoms with van der Waals surface area (Å²) in [6.07, 6.45) is 0.181. The number of hydrogen-bond donors (Lipinski definition) is 1. The van der Waals surface area contributed by atoms with Gasteiger partial charge in [0.2, 0.25) is 0 Å². The van der Waals surface area contributed by atoms with Crippen molar-refractivity contribution in [3.63, 3.8) is 0 Å². The van der Waals surface area contributed by atoms with Crippen LogP contribution in [0, 0.1) is 11.8 Å². The number of esters is 1. The Hall–Kier alpha value is -2.08. The van der Waals surface area contributed by atoms with Crippen molar-refractivity contribution in [2.45, 2.75) is 13.0 Å². The summed E-state index contributed by atoms with van der Waals surface area (Å²) in [5.74, 6) is -0.591. The molecule has 1 aromatic carbocycles. The molecule has 0 saturated carbocycles. The number of likely N-dealkylation sites (tertiary alicyclic amines) is 1. The van der Waals surface area contributed by atoms with Gasteiger partial charge in [-0.15, -0.1) is 0 Å². The molecule has 0 radical (unpaired) electrons. The van der Waals surface area contributed by atoms with Crippen molar-refractivity contribution in [2.24, 2.45) is 17.6 Å². The van der Waals surface area contributed by atoms with Gasteiger partial charge in [-0.25, -0.2) is 4.79 Å². The van der Waals surface area contributed by atoms with Gasteiger partial charge in [-0.3, -0.25) is 4.79 Å². The van der Waals surface area contributed by atoms with E-state index in [0.29, 0.717) is 26.1 Å². The van der Waals surface area contributed by atoms with Crippen LogP contribution in [0.4, 0.5) is 4.79 Å². The fourth-order valence-corrected chi connectivity index (χ4v) is 2.71. The van der Waals surface area contributed by atoms with Gasteiger partial charge < -0.3 is 20.1 Å². The Labute approximate surface area is 130 Å². The SMILES string of the molecule is COC(=O)C1CCN(C(=O)OCc2ccccc2)CC1CN. The fraction of sp³-hybridized carbons (Fsp3) is 0.500. The van der Waals surface area contributed by atoms with Crippen molar-refractivity contribution in [1.82, 2.24) is 4.90 Å². The molecule has 1 saturated heterocycles. The zero-order valence-corrected chi connectivity index (χ0v) is 12.7. The van der Waals surface area contributed by atoms with Crippen LogP contribution in [-0.4, -0.2) is 43.7 Å². The van der Waals surface area contributed by atoms with Crippen LogP contribution in [0.5, 0.6) is 0 Å². The number of ether oxygens (including phenoxy) is 2. The Bertz CT molecular complexity index is 506. The first-order valence-corrected chi connectivity index (χ1v) is 7.39. The Morgan fingerprint density at radius 2 is 2.05 bits per heavy atom. The molecule has 2 N–H and O–H groups in total. The predicted octanol–water partition coefficient (Wildman–Crippen LogP) is 1.39. The number of benzene rings is 1. The molecule has 2 atom stereocenters. The van der Waals surface area contributed by atoms with Crippen LogP contribution in [0.3, 0.4) is 0 Å². The number of hydrogen-bond acceptors (Lipinski definition) is 5. The Balaban J connectivity index is 1.88. The summed E-state index contributed by atoms with van der Waals surface area (Å²) < 4.78 is 10.1. The van der Waals surface area contributed by atoms with Gasteiger partial charge in [0, 0.05) is 19.0 Å². The van der Waals surface area contributed by atoms with Crippen LogP contribution in [0.15, 0.2) is 30.3 Å². The molecule has 120 valence electrons. The molecule has 2 unspecified atom stereocenters. The lowest BCUT2D eigenvalue weighted by Gasteiger charge is -2.36. The second-order valence-electron chi connectivity index (χ2n) is 5.40. The molecule has 0 aliphatic carbocycles. The lowest BCUT2D eigenvalue weighted by Crippen LogP contribution is -2.48. The second kappa shape index (κ2) is 7.79. The van der Waals surface area contributed by atoms with Gasteiger partial charge in [-0.2, -0.15) is 0 Å². The third-order valence-corrected chi connectivity index (χ3v) is 4.00. The van der Waals surface area contributed by atoms with Crippen molar-refractivity contribution in [1.29, 1.82) is 0 Å². The zero-order chi connectivity index (χ0) is 15.9. The summed E-state index contributed by atoms with van der Waals surface area (Å²) in [7, 11) is 1.37. The molecule has 22 heavy (non-hydrogen) atoms. The third-order valence-electron chi connectivity index (χ3n) is 4.00. The van der Waals surface area contributed by atoms with E-state index in [9.17, 15) is 9.59 Å². The number of nitrogens with zero attached hydrogens (tertiary/aromatic N) is 1. The summed E-state index contributed by atoms with van der Waals surface area (Å²) >= 11 is 0. The highest BCUT2D eigenvalue weighted by atomic mass is 16.6. The largest absolute Gasteiger partial charge is 0.469 e. The molecule has 2 rings (SSSR count). The number of carbonyl (C=O) groups is 2. The van der Waals surface area contributed by atoms with Crippen LogP contribution in [0.2, 0.25) is 0 Å². The molecule has 1 aliphatic rings. The molecular weight excluding hydrogens is 284 g/mol. The first-order chi connectivity index (χ1) is 10.7. The van der Waals surface area contributed by atoms with Crippen LogP contribution in [0.25, 0.3) is 0 Å². The summed E-state index contributed by atoms with van der Waals surface area (Å²) in [4.78, 5) is 25.4. The molecule has 1 aromatic rings. The smallest absolute Gasteiger partial charge is 0.410 e. The lowest BCUT2D eigenvalue weighted by molar-refractivity contribution is -0.149. The van der Waals surface area contributed by atoms with E-state index in [2.05, 4.69) is 0 Å². The minimum absolute atomic E-state index is 0.0922. The second-order valence-corrected chi connectivity index (χ2v) is 5.40. The first-order valence-electron chi connectivity index (χ1n) is 7.39. The van der Waals surface area contributed by atoms with Gasteiger partial charge in [0.05, 0.1) is 13.0 Å². The Kier molecular flexibility index (Phi) is 5.77. The Morgan fingerprint density at radius 1 is 1.32 bits per heavy atom. The van der Waals surface area contributed by atoms with Gasteiger partial charge in [-0.05, 0) is 18.5 Å². The van der Waals surface area contributed by atoms with E-state index in [1.807, 2.05) is 30.3 Å². The lowest BCUT2D eigenvalue weighted by atomic mass is 9.85. The third kappa shape index (κ3) is 3.98. The number of nitrogens with two attached hydrogens (primary N) is 1. The summed E-state index contributed by atoms with van der Waals surface area (Å²) in [5.41, 5.74) is 6.67. The summed E-state index contributed by atoms with van der Waals surface area (Å²) in [6, 6.07) is 9.51. The Morgan fingerprint density at radius 3 is 2.68 bits per heavy atom. The monoisotopic (exact) mass is 306 g/mol. The highest BCUT2D eigenvalue weighted by Gasteiger charge is 2.36. The maximum absolute atomic E-state index is 12.1. The number of methoxy groups -OCH3 is 1. The van der Waals surface area contributed by atoms with Gasteiger partial charge in [0.15, 0.2) is 0 Å². The van der Waals surface area contributed by atoms with Crippen molar-refractivity contribution >= 4 is 12.1 Å². The minimum Gasteiger partial charge on any atom is -0.469 e. The van der Waals surface area contributed by atoms with Crippen LogP contribution >= 0.6 is 0 Å². The fourth-order valence-electron chi connectivity index (χ4n) is 2.71. The average molecular weight is 306 g/mol. The van der Waals surface area contributed by atoms with Crippen molar-refractivity contribution < 1.29 is 19.1 Å². The van der Waals surface area contributed by atoms with E-state index in [-0.39, 0.29) is 30.5 Å². The zero-order valence-electron chi connectivity index (χ0n) is 12.7. The number of piperidine rings is 1. The van der Waals surface area contributed by atoms with Crippen LogP contribution in [0.1, 0.15) is 12.0 Å². The summed E-state index contributed by atoms with van der Waals surface area (Å²) in [6.45, 7) is 1.47. The van der Waals surface area contributed by atoms with Crippen molar-refractivity contribution in [3.05, 3.63) is 35.9 Å². The average Bonchev–Trinajstić information content (AvgIpc) is 2.59. The number of amides is 1. The molecule has 0 bridgehead atoms. The molecule has 1 heterocycles. The van der Waals surface area contributed by atoms with Crippen LogP contribution < -0.4 is 5.73 Å². The molecular formula is C16H22N2O4. The van der Waals surface area contributed by atoms with E-state index in [1.54, 1.807) is 4.90 Å². The maximum atomic E-state index is 12.1. The van der Waals surface area contributed by atoms with E-state index in [0.717, 1.165) is 5.56 Å². The van der Waals surface area contributed by atoms with Crippen LogP contribution in [-0.2, 0) is 20.9 Å². The highest BCUT2D eigenvalue weighted by Crippen LogP contribution is 2.24. The normalized spacial score (nSPS) is 21.3. The molecule has 1 aliphatic heterocycles. The van der Waals surface area contributed by atoms with Gasteiger partial charge in [0.25, 0.3) is 0 Å². The molecule has 1 amide bonds. The number of carbonyl (C=O) groups excluding carboxylic acids is 2. The van der Waals surface area contributed by atoms with E-state index in [4.69, 9.17) is 15.2 Å². The van der Waals surface area contributed by atoms with E-state index >= 15 is 0 Å². The molecule has 6 heteroatoms. The highest BCUT2D eigenvalue weighted by molar-refractivity contribution is 5.74. The summed E-state index contributed by atoms with van der Waals surface area (Å²) in [5, 5.41) is 0. The maximum Gasteiger partial charge on any atom is 0.410 e. The van der Waals surface area contributed by atoms with Gasteiger partial charge in [-0.1, -0.05) is 30.3 Å². The van der Waals surface area contributed by atoms with Gasteiger partial charge in [0.1, 0.15) is 6.61 Å². The molecule has 6 nitrogen and oxygen atoms in total. The van der Waals surface area contributed by atoms with E-state index < -0.39 is 0 Å². The first kappa shape index (κ1) is 16.3. The number of rotatable bonds is 4. The van der Waals surface area contributed by atoms with Crippen molar-refractivity contribution in [2.75, 3.05) is 26.7 Å². The van der Waals surface area contributed by atoms with Crippen molar-refractivity contribution in [3.8, 4) is 0 Å². The quantitative estimate of drug-likeness (QED) is 0.850. The molecule has 1 fully saturated rings. The standard InChI is InChI=1S/C16H22N2O4/c1-21-15(19)14-7-8-18(10-13(14)9-17)16(20)22-11-12-5-3-2-4-6-12/h2-6,13-14H,7-11,17H2,1H3. The predicted molar refractivity (Wildman–Crippen MR) is 80.9 cm³/mol. The molecule has 0 spiro atoms. The minimum atomic E-state index is -0.370. The molecule has 0 aromatic heterocycles. The topological polar surface area (TPSA) is 81.9 Å². The van der Waals surface area contributed by atoms with E-state index in [1.165, 1.54) is 7.11 Å². The van der Waals surface area contributed by atoms with Gasteiger partial charge >= 0.3 is 12.1 Å².